The molecule has 0 saturated carbocycles. The molecule has 2 rings (SSSR count). The fraction of sp³-hybridized carbons (Fsp3) is 0.750. The third-order valence-electron chi connectivity index (χ3n) is 4.13. The molecule has 134 valence electrons. The van der Waals surface area contributed by atoms with Crippen molar-refractivity contribution in [3.63, 3.8) is 0 Å². The average molecular weight is 336 g/mol. The van der Waals surface area contributed by atoms with Gasteiger partial charge in [-0.05, 0) is 38.3 Å². The number of hydrogen-bond acceptors (Lipinski definition) is 5. The van der Waals surface area contributed by atoms with Gasteiger partial charge in [-0.2, -0.15) is 10.1 Å². The zero-order valence-corrected chi connectivity index (χ0v) is 14.8. The van der Waals surface area contributed by atoms with Gasteiger partial charge >= 0.3 is 0 Å². The van der Waals surface area contributed by atoms with Gasteiger partial charge in [-0.25, -0.2) is 4.68 Å². The standard InChI is InChI=1S/C16H28N6O2/c1-11(2)4-5-13(23)18-10-14(24)19-16-20-15(21-22(16)3)12-6-8-17-9-7-12/h11-12,17H,4-10H2,1-3H3,(H,18,23)(H,19,20,21,24). The fourth-order valence-electron chi connectivity index (χ4n) is 2.62. The maximum Gasteiger partial charge on any atom is 0.246 e. The van der Waals surface area contributed by atoms with Gasteiger partial charge in [0.05, 0.1) is 6.54 Å². The lowest BCUT2D eigenvalue weighted by Crippen LogP contribution is -2.33. The summed E-state index contributed by atoms with van der Waals surface area (Å²) in [6, 6.07) is 0. The minimum Gasteiger partial charge on any atom is -0.347 e. The summed E-state index contributed by atoms with van der Waals surface area (Å²) in [6.07, 6.45) is 3.26. The first-order valence-electron chi connectivity index (χ1n) is 8.64. The monoisotopic (exact) mass is 336 g/mol. The van der Waals surface area contributed by atoms with E-state index in [1.165, 1.54) is 0 Å². The Kier molecular flexibility index (Phi) is 6.72. The third kappa shape index (κ3) is 5.59. The second-order valence-corrected chi connectivity index (χ2v) is 6.70. The first kappa shape index (κ1) is 18.4. The highest BCUT2D eigenvalue weighted by Crippen LogP contribution is 2.23. The minimum atomic E-state index is -0.291. The van der Waals surface area contributed by atoms with Crippen molar-refractivity contribution >= 4 is 17.8 Å². The molecule has 24 heavy (non-hydrogen) atoms. The second-order valence-electron chi connectivity index (χ2n) is 6.70. The maximum atomic E-state index is 12.0. The Morgan fingerprint density at radius 2 is 2.00 bits per heavy atom. The van der Waals surface area contributed by atoms with Crippen molar-refractivity contribution < 1.29 is 9.59 Å². The van der Waals surface area contributed by atoms with Crippen LogP contribution in [0.25, 0.3) is 0 Å². The Morgan fingerprint density at radius 1 is 1.29 bits per heavy atom. The smallest absolute Gasteiger partial charge is 0.246 e. The molecule has 8 heteroatoms. The Balaban J connectivity index is 1.81. The van der Waals surface area contributed by atoms with Crippen molar-refractivity contribution in [2.24, 2.45) is 13.0 Å². The molecule has 0 radical (unpaired) electrons. The van der Waals surface area contributed by atoms with Crippen molar-refractivity contribution in [2.45, 2.75) is 45.4 Å². The van der Waals surface area contributed by atoms with Crippen molar-refractivity contribution in [2.75, 3.05) is 25.0 Å². The molecular weight excluding hydrogens is 308 g/mol. The Hall–Kier alpha value is -1.96. The van der Waals surface area contributed by atoms with E-state index >= 15 is 0 Å². The Morgan fingerprint density at radius 3 is 2.67 bits per heavy atom. The lowest BCUT2D eigenvalue weighted by Gasteiger charge is -2.19. The fourth-order valence-corrected chi connectivity index (χ4v) is 2.62. The highest BCUT2D eigenvalue weighted by atomic mass is 16.2. The summed E-state index contributed by atoms with van der Waals surface area (Å²) in [5.41, 5.74) is 0. The van der Waals surface area contributed by atoms with Gasteiger partial charge in [0.25, 0.3) is 0 Å². The predicted molar refractivity (Wildman–Crippen MR) is 91.6 cm³/mol. The van der Waals surface area contributed by atoms with Crippen LogP contribution in [0.4, 0.5) is 5.95 Å². The lowest BCUT2D eigenvalue weighted by molar-refractivity contribution is -0.124. The Bertz CT molecular complexity index is 563. The highest BCUT2D eigenvalue weighted by Gasteiger charge is 2.21. The molecule has 1 aromatic rings. The maximum absolute atomic E-state index is 12.0. The van der Waals surface area contributed by atoms with Crippen LogP contribution in [0.1, 0.15) is 51.3 Å². The van der Waals surface area contributed by atoms with Crippen molar-refractivity contribution in [3.8, 4) is 0 Å². The van der Waals surface area contributed by atoms with Gasteiger partial charge in [-0.3, -0.25) is 14.9 Å². The number of aryl methyl sites for hydroxylation is 1. The van der Waals surface area contributed by atoms with Gasteiger partial charge in [0.1, 0.15) is 0 Å². The van der Waals surface area contributed by atoms with Crippen LogP contribution in [0.2, 0.25) is 0 Å². The molecule has 3 N–H and O–H groups in total. The SMILES string of the molecule is CC(C)CCC(=O)NCC(=O)Nc1nc(C2CCNCC2)nn1C. The molecule has 0 unspecified atom stereocenters. The summed E-state index contributed by atoms with van der Waals surface area (Å²) in [5.74, 6) is 1.60. The van der Waals surface area contributed by atoms with Crippen LogP contribution in [0.15, 0.2) is 0 Å². The summed E-state index contributed by atoms with van der Waals surface area (Å²) in [4.78, 5) is 28.1. The molecule has 8 nitrogen and oxygen atoms in total. The lowest BCUT2D eigenvalue weighted by atomic mass is 9.98. The van der Waals surface area contributed by atoms with Crippen molar-refractivity contribution in [1.82, 2.24) is 25.4 Å². The zero-order chi connectivity index (χ0) is 17.5. The van der Waals surface area contributed by atoms with E-state index in [0.29, 0.717) is 24.2 Å². The van der Waals surface area contributed by atoms with Crippen LogP contribution in [0.3, 0.4) is 0 Å². The predicted octanol–water partition coefficient (Wildman–Crippen LogP) is 0.773. The van der Waals surface area contributed by atoms with E-state index in [-0.39, 0.29) is 18.4 Å². The van der Waals surface area contributed by atoms with E-state index in [0.717, 1.165) is 38.2 Å². The van der Waals surface area contributed by atoms with Gasteiger partial charge < -0.3 is 10.6 Å². The molecule has 1 fully saturated rings. The number of anilines is 1. The van der Waals surface area contributed by atoms with Crippen molar-refractivity contribution in [1.29, 1.82) is 0 Å². The quantitative estimate of drug-likeness (QED) is 0.683. The largest absolute Gasteiger partial charge is 0.347 e. The Labute approximate surface area is 142 Å². The van der Waals surface area contributed by atoms with Gasteiger partial charge in [-0.15, -0.1) is 0 Å². The van der Waals surface area contributed by atoms with Gasteiger partial charge in [0.15, 0.2) is 5.82 Å². The van der Waals surface area contributed by atoms with Crippen LogP contribution < -0.4 is 16.0 Å². The van der Waals surface area contributed by atoms with E-state index in [9.17, 15) is 9.59 Å². The van der Waals surface area contributed by atoms with E-state index < -0.39 is 0 Å². The number of carbonyl (C=O) groups is 2. The first-order valence-corrected chi connectivity index (χ1v) is 8.64. The molecule has 2 amide bonds. The normalized spacial score (nSPS) is 15.5. The van der Waals surface area contributed by atoms with E-state index in [1.807, 2.05) is 0 Å². The number of piperidine rings is 1. The number of amides is 2. The molecule has 1 aliphatic heterocycles. The van der Waals surface area contributed by atoms with E-state index in [4.69, 9.17) is 0 Å². The van der Waals surface area contributed by atoms with Crippen LogP contribution >= 0.6 is 0 Å². The van der Waals surface area contributed by atoms with Gasteiger partial charge in [-0.1, -0.05) is 13.8 Å². The summed E-state index contributed by atoms with van der Waals surface area (Å²) in [7, 11) is 1.76. The topological polar surface area (TPSA) is 101 Å². The van der Waals surface area contributed by atoms with Crippen LogP contribution in [0, 0.1) is 5.92 Å². The molecule has 1 aromatic heterocycles. The number of carbonyl (C=O) groups excluding carboxylic acids is 2. The van der Waals surface area contributed by atoms with Crippen LogP contribution in [-0.4, -0.2) is 46.2 Å². The van der Waals surface area contributed by atoms with Gasteiger partial charge in [0.2, 0.25) is 17.8 Å². The molecule has 2 heterocycles. The third-order valence-corrected chi connectivity index (χ3v) is 4.13. The molecule has 0 aromatic carbocycles. The molecular formula is C16H28N6O2. The molecule has 1 aliphatic rings. The number of nitrogens with one attached hydrogen (secondary N) is 3. The number of hydrogen-bond donors (Lipinski definition) is 3. The summed E-state index contributed by atoms with van der Waals surface area (Å²) >= 11 is 0. The van der Waals surface area contributed by atoms with E-state index in [1.54, 1.807) is 11.7 Å². The highest BCUT2D eigenvalue weighted by molar-refractivity contribution is 5.93. The molecule has 0 atom stereocenters. The first-order chi connectivity index (χ1) is 11.5. The summed E-state index contributed by atoms with van der Waals surface area (Å²) in [5, 5.41) is 13.1. The van der Waals surface area contributed by atoms with Crippen LogP contribution in [-0.2, 0) is 16.6 Å². The number of nitrogens with zero attached hydrogens (tertiary/aromatic N) is 3. The summed E-state index contributed by atoms with van der Waals surface area (Å²) < 4.78 is 1.58. The van der Waals surface area contributed by atoms with Crippen LogP contribution in [0.5, 0.6) is 0 Å². The minimum absolute atomic E-state index is 0.0491. The van der Waals surface area contributed by atoms with Gasteiger partial charge in [0, 0.05) is 19.4 Å². The molecule has 0 bridgehead atoms. The molecule has 0 aliphatic carbocycles. The second kappa shape index (κ2) is 8.77. The molecule has 1 saturated heterocycles. The average Bonchev–Trinajstić information content (AvgIpc) is 2.92. The molecule has 0 spiro atoms. The number of aromatic nitrogens is 3. The van der Waals surface area contributed by atoms with Crippen molar-refractivity contribution in [3.05, 3.63) is 5.82 Å². The zero-order valence-electron chi connectivity index (χ0n) is 14.8. The van der Waals surface area contributed by atoms with E-state index in [2.05, 4.69) is 39.9 Å². The number of rotatable bonds is 7. The summed E-state index contributed by atoms with van der Waals surface area (Å²) in [6.45, 7) is 6.01.